The molecule has 0 unspecified atom stereocenters. The molecular weight excluding hydrogens is 440 g/mol. The summed E-state index contributed by atoms with van der Waals surface area (Å²) in [6.07, 6.45) is 0. The van der Waals surface area contributed by atoms with E-state index in [2.05, 4.69) is 10.3 Å². The van der Waals surface area contributed by atoms with E-state index in [9.17, 15) is 22.4 Å². The summed E-state index contributed by atoms with van der Waals surface area (Å²) in [5.41, 5.74) is 0.781. The number of para-hydroxylation sites is 1. The summed E-state index contributed by atoms with van der Waals surface area (Å²) in [5, 5.41) is 2.15. The van der Waals surface area contributed by atoms with E-state index in [1.165, 1.54) is 23.5 Å². The van der Waals surface area contributed by atoms with Crippen molar-refractivity contribution in [2.24, 2.45) is 0 Å². The van der Waals surface area contributed by atoms with Crippen molar-refractivity contribution in [2.75, 3.05) is 5.32 Å². The Bertz CT molecular complexity index is 1320. The van der Waals surface area contributed by atoms with Gasteiger partial charge in [0.25, 0.3) is 5.91 Å². The molecule has 0 saturated heterocycles. The molecule has 0 spiro atoms. The molecule has 3 aromatic carbocycles. The summed E-state index contributed by atoms with van der Waals surface area (Å²) in [5.74, 6) is -4.54. The fourth-order valence-corrected chi connectivity index (χ4v) is 4.24. The minimum absolute atomic E-state index is 0.0931. The van der Waals surface area contributed by atoms with Gasteiger partial charge in [0.05, 0.1) is 15.3 Å². The van der Waals surface area contributed by atoms with Gasteiger partial charge in [0.15, 0.2) is 11.6 Å². The number of thiazole rings is 1. The number of nitrogens with zero attached hydrogens (tertiary/aromatic N) is 1. The molecule has 1 heterocycles. The van der Waals surface area contributed by atoms with Gasteiger partial charge in [-0.05, 0) is 48.9 Å². The molecule has 152 valence electrons. The lowest BCUT2D eigenvalue weighted by Gasteiger charge is -2.13. The molecule has 0 fully saturated rings. The van der Waals surface area contributed by atoms with Crippen molar-refractivity contribution in [1.29, 1.82) is 0 Å². The van der Waals surface area contributed by atoms with Gasteiger partial charge in [0.2, 0.25) is 0 Å². The number of amides is 1. The second-order valence-corrected chi connectivity index (χ2v) is 7.82. The van der Waals surface area contributed by atoms with Crippen LogP contribution in [0.25, 0.3) is 20.8 Å². The van der Waals surface area contributed by atoms with Crippen LogP contribution in [-0.4, -0.2) is 10.9 Å². The molecule has 9 heteroatoms. The van der Waals surface area contributed by atoms with Crippen molar-refractivity contribution in [3.8, 4) is 10.6 Å². The Hall–Kier alpha value is -2.97. The maximum atomic E-state index is 14.3. The van der Waals surface area contributed by atoms with Crippen LogP contribution in [0, 0.1) is 30.2 Å². The highest BCUT2D eigenvalue weighted by molar-refractivity contribution is 7.21. The highest BCUT2D eigenvalue weighted by atomic mass is 35.5. The predicted octanol–water partition coefficient (Wildman–Crippen LogP) is 6.73. The zero-order chi connectivity index (χ0) is 21.6. The zero-order valence-electron chi connectivity index (χ0n) is 15.2. The summed E-state index contributed by atoms with van der Waals surface area (Å²) >= 11 is 6.90. The third-order valence-corrected chi connectivity index (χ3v) is 5.92. The Kier molecular flexibility index (Phi) is 5.21. The minimum atomic E-state index is -1.35. The molecule has 30 heavy (non-hydrogen) atoms. The lowest BCUT2D eigenvalue weighted by molar-refractivity contribution is 0.102. The summed E-state index contributed by atoms with van der Waals surface area (Å²) < 4.78 is 55.8. The molecule has 0 aliphatic rings. The van der Waals surface area contributed by atoms with E-state index in [-0.39, 0.29) is 16.8 Å². The van der Waals surface area contributed by atoms with Crippen molar-refractivity contribution in [3.05, 3.63) is 81.9 Å². The second-order valence-electron chi connectivity index (χ2n) is 6.41. The fraction of sp³-hybridized carbons (Fsp3) is 0.0476. The van der Waals surface area contributed by atoms with Gasteiger partial charge in [-0.1, -0.05) is 17.7 Å². The first-order valence-corrected chi connectivity index (χ1v) is 9.76. The van der Waals surface area contributed by atoms with Gasteiger partial charge in [0.1, 0.15) is 22.2 Å². The van der Waals surface area contributed by atoms with Crippen LogP contribution < -0.4 is 5.32 Å². The lowest BCUT2D eigenvalue weighted by Crippen LogP contribution is -2.14. The predicted molar refractivity (Wildman–Crippen MR) is 109 cm³/mol. The number of hydrogen-bond acceptors (Lipinski definition) is 3. The van der Waals surface area contributed by atoms with Gasteiger partial charge >= 0.3 is 0 Å². The number of benzene rings is 3. The van der Waals surface area contributed by atoms with Crippen LogP contribution in [0.5, 0.6) is 0 Å². The zero-order valence-corrected chi connectivity index (χ0v) is 16.8. The maximum absolute atomic E-state index is 14.3. The van der Waals surface area contributed by atoms with Crippen LogP contribution in [0.1, 0.15) is 15.9 Å². The smallest absolute Gasteiger partial charge is 0.257 e. The first kappa shape index (κ1) is 20.3. The quantitative estimate of drug-likeness (QED) is 0.277. The van der Waals surface area contributed by atoms with Crippen LogP contribution in [0.15, 0.2) is 42.5 Å². The summed E-state index contributed by atoms with van der Waals surface area (Å²) in [7, 11) is 0. The monoisotopic (exact) mass is 450 g/mol. The first-order chi connectivity index (χ1) is 14.3. The summed E-state index contributed by atoms with van der Waals surface area (Å²) in [6, 6.07) is 8.64. The van der Waals surface area contributed by atoms with Crippen molar-refractivity contribution < 1.29 is 22.4 Å². The van der Waals surface area contributed by atoms with Crippen LogP contribution in [0.3, 0.4) is 0 Å². The summed E-state index contributed by atoms with van der Waals surface area (Å²) in [4.78, 5) is 16.8. The molecule has 0 radical (unpaired) electrons. The highest BCUT2D eigenvalue weighted by Crippen LogP contribution is 2.36. The molecule has 0 bridgehead atoms. The molecular formula is C21H11ClF4N2OS. The van der Waals surface area contributed by atoms with E-state index in [0.717, 1.165) is 18.2 Å². The molecule has 0 aliphatic heterocycles. The average molecular weight is 451 g/mol. The lowest BCUT2D eigenvalue weighted by atomic mass is 10.1. The van der Waals surface area contributed by atoms with Gasteiger partial charge in [-0.25, -0.2) is 22.5 Å². The molecule has 1 aromatic heterocycles. The van der Waals surface area contributed by atoms with Crippen LogP contribution in [0.4, 0.5) is 23.2 Å². The number of carbonyl (C=O) groups is 1. The number of halogens is 5. The van der Waals surface area contributed by atoms with Crippen molar-refractivity contribution in [3.63, 3.8) is 0 Å². The molecule has 0 aliphatic carbocycles. The molecule has 0 atom stereocenters. The van der Waals surface area contributed by atoms with E-state index in [0.29, 0.717) is 20.8 Å². The maximum Gasteiger partial charge on any atom is 0.257 e. The van der Waals surface area contributed by atoms with Gasteiger partial charge in [-0.3, -0.25) is 4.79 Å². The first-order valence-electron chi connectivity index (χ1n) is 8.56. The van der Waals surface area contributed by atoms with Crippen LogP contribution in [0.2, 0.25) is 5.02 Å². The minimum Gasteiger partial charge on any atom is -0.322 e. The fourth-order valence-electron chi connectivity index (χ4n) is 2.95. The number of carbonyl (C=O) groups excluding carboxylic acids is 1. The Morgan fingerprint density at radius 1 is 1.07 bits per heavy atom. The Morgan fingerprint density at radius 3 is 2.57 bits per heavy atom. The molecule has 4 aromatic rings. The van der Waals surface area contributed by atoms with Crippen molar-refractivity contribution >= 4 is 44.7 Å². The molecule has 1 N–H and O–H groups in total. The molecule has 3 nitrogen and oxygen atoms in total. The Morgan fingerprint density at radius 2 is 1.83 bits per heavy atom. The number of fused-ring (bicyclic) bond motifs is 1. The van der Waals surface area contributed by atoms with Crippen molar-refractivity contribution in [2.45, 2.75) is 6.92 Å². The molecule has 1 amide bonds. The van der Waals surface area contributed by atoms with Crippen molar-refractivity contribution in [1.82, 2.24) is 4.98 Å². The summed E-state index contributed by atoms with van der Waals surface area (Å²) in [6.45, 7) is 1.62. The topological polar surface area (TPSA) is 42.0 Å². The highest BCUT2D eigenvalue weighted by Gasteiger charge is 2.20. The van der Waals surface area contributed by atoms with E-state index in [4.69, 9.17) is 11.6 Å². The van der Waals surface area contributed by atoms with E-state index in [1.807, 2.05) is 0 Å². The van der Waals surface area contributed by atoms with E-state index < -0.39 is 34.2 Å². The van der Waals surface area contributed by atoms with Crippen LogP contribution >= 0.6 is 22.9 Å². The molecule has 0 saturated carbocycles. The second kappa shape index (κ2) is 7.70. The molecule has 4 rings (SSSR count). The number of anilines is 1. The Balaban J connectivity index is 1.75. The standard InChI is InChI=1S/C21H11ClF4N2OS/c1-9-12(21-28-19-14(25)3-2-4-16(19)30-21)7-10(23)8-15(9)27-20(29)11-5-6-13(24)18(26)17(11)22/h2-8H,1H3,(H,27,29). The van der Waals surface area contributed by atoms with Crippen LogP contribution in [-0.2, 0) is 0 Å². The van der Waals surface area contributed by atoms with Gasteiger partial charge in [0, 0.05) is 11.3 Å². The number of rotatable bonds is 3. The Labute approximate surface area is 176 Å². The van der Waals surface area contributed by atoms with Gasteiger partial charge < -0.3 is 5.32 Å². The SMILES string of the molecule is Cc1c(NC(=O)c2ccc(F)c(F)c2Cl)cc(F)cc1-c1nc2c(F)cccc2s1. The third-order valence-electron chi connectivity index (χ3n) is 4.50. The van der Waals surface area contributed by atoms with E-state index >= 15 is 0 Å². The van der Waals surface area contributed by atoms with E-state index in [1.54, 1.807) is 19.1 Å². The largest absolute Gasteiger partial charge is 0.322 e. The number of hydrogen-bond donors (Lipinski definition) is 1. The van der Waals surface area contributed by atoms with Gasteiger partial charge in [-0.15, -0.1) is 11.3 Å². The number of aromatic nitrogens is 1. The normalized spacial score (nSPS) is 11.1. The number of nitrogens with one attached hydrogen (secondary N) is 1. The van der Waals surface area contributed by atoms with Gasteiger partial charge in [-0.2, -0.15) is 0 Å². The third kappa shape index (κ3) is 3.53. The average Bonchev–Trinajstić information content (AvgIpc) is 3.14.